The Labute approximate surface area is 109 Å². The fraction of sp³-hybridized carbons (Fsp3) is 0.636. The molecule has 0 aliphatic carbocycles. The van der Waals surface area contributed by atoms with Gasteiger partial charge in [0.1, 0.15) is 0 Å². The van der Waals surface area contributed by atoms with E-state index in [1.54, 1.807) is 18.4 Å². The summed E-state index contributed by atoms with van der Waals surface area (Å²) in [4.78, 5) is 1.36. The van der Waals surface area contributed by atoms with Crippen molar-refractivity contribution in [3.8, 4) is 0 Å². The topological polar surface area (TPSA) is 30.5 Å². The molecule has 0 fully saturated rings. The summed E-state index contributed by atoms with van der Waals surface area (Å²) in [7, 11) is 3.65. The molecule has 1 rings (SSSR count). The van der Waals surface area contributed by atoms with Crippen molar-refractivity contribution in [2.24, 2.45) is 0 Å². The van der Waals surface area contributed by atoms with E-state index in [0.29, 0.717) is 19.3 Å². The standard InChI is InChI=1S/C11H18BrNO2S/c1-13-10(7-15-4-3-14-2)6-11-5-9(12)8-16-11/h5,8,10,13H,3-4,6-7H2,1-2H3. The Morgan fingerprint density at radius 1 is 1.50 bits per heavy atom. The van der Waals surface area contributed by atoms with Gasteiger partial charge in [-0.2, -0.15) is 0 Å². The molecule has 0 amide bonds. The van der Waals surface area contributed by atoms with E-state index in [2.05, 4.69) is 32.7 Å². The molecule has 0 saturated heterocycles. The fourth-order valence-electron chi connectivity index (χ4n) is 1.32. The molecule has 1 unspecified atom stereocenters. The van der Waals surface area contributed by atoms with Gasteiger partial charge in [-0.05, 0) is 35.5 Å². The largest absolute Gasteiger partial charge is 0.382 e. The molecule has 0 bridgehead atoms. The maximum absolute atomic E-state index is 5.51. The van der Waals surface area contributed by atoms with Crippen LogP contribution in [0.25, 0.3) is 0 Å². The van der Waals surface area contributed by atoms with E-state index in [4.69, 9.17) is 9.47 Å². The zero-order valence-electron chi connectivity index (χ0n) is 9.66. The van der Waals surface area contributed by atoms with E-state index < -0.39 is 0 Å². The van der Waals surface area contributed by atoms with Crippen LogP contribution in [-0.2, 0) is 15.9 Å². The number of methoxy groups -OCH3 is 1. The molecule has 1 N–H and O–H groups in total. The number of thiophene rings is 1. The molecule has 16 heavy (non-hydrogen) atoms. The Bertz CT molecular complexity index is 293. The third-order valence-electron chi connectivity index (χ3n) is 2.23. The second-order valence-corrected chi connectivity index (χ2v) is 5.40. The van der Waals surface area contributed by atoms with Crippen LogP contribution in [0.4, 0.5) is 0 Å². The van der Waals surface area contributed by atoms with Gasteiger partial charge >= 0.3 is 0 Å². The van der Waals surface area contributed by atoms with Gasteiger partial charge in [-0.15, -0.1) is 11.3 Å². The van der Waals surface area contributed by atoms with Gasteiger partial charge in [-0.3, -0.25) is 0 Å². The molecule has 0 radical (unpaired) electrons. The van der Waals surface area contributed by atoms with Crippen LogP contribution in [-0.4, -0.2) is 40.0 Å². The smallest absolute Gasteiger partial charge is 0.0701 e. The Morgan fingerprint density at radius 2 is 2.31 bits per heavy atom. The van der Waals surface area contributed by atoms with E-state index in [-0.39, 0.29) is 0 Å². The first-order valence-electron chi connectivity index (χ1n) is 5.23. The van der Waals surface area contributed by atoms with Gasteiger partial charge in [0, 0.05) is 27.9 Å². The Hall–Kier alpha value is 0.0600. The van der Waals surface area contributed by atoms with Crippen molar-refractivity contribution in [1.82, 2.24) is 5.32 Å². The van der Waals surface area contributed by atoms with Crippen LogP contribution < -0.4 is 5.32 Å². The third kappa shape index (κ3) is 5.41. The first-order chi connectivity index (χ1) is 7.76. The summed E-state index contributed by atoms with van der Waals surface area (Å²) in [5.74, 6) is 0. The van der Waals surface area contributed by atoms with Gasteiger partial charge in [0.05, 0.1) is 19.8 Å². The lowest BCUT2D eigenvalue weighted by molar-refractivity contribution is 0.0599. The average molecular weight is 308 g/mol. The summed E-state index contributed by atoms with van der Waals surface area (Å²) < 4.78 is 11.6. The van der Waals surface area contributed by atoms with E-state index in [9.17, 15) is 0 Å². The van der Waals surface area contributed by atoms with E-state index >= 15 is 0 Å². The Balaban J connectivity index is 2.26. The molecule has 1 aromatic heterocycles. The molecular formula is C11H18BrNO2S. The molecule has 0 aromatic carbocycles. The van der Waals surface area contributed by atoms with Crippen LogP contribution in [0.2, 0.25) is 0 Å². The Kier molecular flexibility index (Phi) is 7.23. The molecule has 0 saturated carbocycles. The Morgan fingerprint density at radius 3 is 2.88 bits per heavy atom. The minimum Gasteiger partial charge on any atom is -0.382 e. The van der Waals surface area contributed by atoms with E-state index in [1.807, 2.05) is 7.05 Å². The number of hydrogen-bond acceptors (Lipinski definition) is 4. The molecule has 1 heterocycles. The molecule has 5 heteroatoms. The predicted molar refractivity (Wildman–Crippen MR) is 71.3 cm³/mol. The normalized spacial score (nSPS) is 12.9. The van der Waals surface area contributed by atoms with Crippen molar-refractivity contribution in [1.29, 1.82) is 0 Å². The zero-order valence-corrected chi connectivity index (χ0v) is 12.1. The number of nitrogens with one attached hydrogen (secondary N) is 1. The lowest BCUT2D eigenvalue weighted by Gasteiger charge is -2.15. The molecule has 0 spiro atoms. The van der Waals surface area contributed by atoms with Gasteiger partial charge in [0.15, 0.2) is 0 Å². The van der Waals surface area contributed by atoms with Crippen LogP contribution in [0, 0.1) is 0 Å². The van der Waals surface area contributed by atoms with Gasteiger partial charge in [-0.25, -0.2) is 0 Å². The summed E-state index contributed by atoms with van der Waals surface area (Å²) in [6.07, 6.45) is 1.000. The minimum atomic E-state index is 0.363. The zero-order chi connectivity index (χ0) is 11.8. The second-order valence-electron chi connectivity index (χ2n) is 3.49. The van der Waals surface area contributed by atoms with Crippen LogP contribution in [0.1, 0.15) is 4.88 Å². The molecule has 1 atom stereocenters. The SMILES string of the molecule is CNC(COCCOC)Cc1cc(Br)cs1. The van der Waals surface area contributed by atoms with Crippen molar-refractivity contribution >= 4 is 27.3 Å². The lowest BCUT2D eigenvalue weighted by Crippen LogP contribution is -2.32. The van der Waals surface area contributed by atoms with Crippen LogP contribution >= 0.6 is 27.3 Å². The van der Waals surface area contributed by atoms with Gasteiger partial charge in [0.2, 0.25) is 0 Å². The molecule has 92 valence electrons. The predicted octanol–water partition coefficient (Wildman–Crippen LogP) is 2.30. The van der Waals surface area contributed by atoms with Crippen LogP contribution in [0.5, 0.6) is 0 Å². The second kappa shape index (κ2) is 8.20. The third-order valence-corrected chi connectivity index (χ3v) is 3.95. The molecule has 0 aliphatic heterocycles. The highest BCUT2D eigenvalue weighted by Crippen LogP contribution is 2.20. The van der Waals surface area contributed by atoms with Crippen molar-refractivity contribution in [2.75, 3.05) is 34.0 Å². The van der Waals surface area contributed by atoms with Gasteiger partial charge in [0.25, 0.3) is 0 Å². The number of halogens is 1. The van der Waals surface area contributed by atoms with Crippen LogP contribution in [0.15, 0.2) is 15.9 Å². The quantitative estimate of drug-likeness (QED) is 0.748. The van der Waals surface area contributed by atoms with Crippen molar-refractivity contribution in [2.45, 2.75) is 12.5 Å². The monoisotopic (exact) mass is 307 g/mol. The van der Waals surface area contributed by atoms with E-state index in [1.165, 1.54) is 4.88 Å². The van der Waals surface area contributed by atoms with E-state index in [0.717, 1.165) is 17.5 Å². The summed E-state index contributed by atoms with van der Waals surface area (Å²) in [5.41, 5.74) is 0. The number of ether oxygens (including phenoxy) is 2. The molecule has 3 nitrogen and oxygen atoms in total. The highest BCUT2D eigenvalue weighted by molar-refractivity contribution is 9.10. The van der Waals surface area contributed by atoms with Gasteiger partial charge < -0.3 is 14.8 Å². The molecular weight excluding hydrogens is 290 g/mol. The van der Waals surface area contributed by atoms with Crippen molar-refractivity contribution in [3.05, 3.63) is 20.8 Å². The summed E-state index contributed by atoms with van der Waals surface area (Å²) in [6, 6.07) is 2.52. The first-order valence-corrected chi connectivity index (χ1v) is 6.90. The highest BCUT2D eigenvalue weighted by Gasteiger charge is 2.08. The number of hydrogen-bond donors (Lipinski definition) is 1. The fourth-order valence-corrected chi connectivity index (χ4v) is 2.85. The molecule has 0 aliphatic rings. The highest BCUT2D eigenvalue weighted by atomic mass is 79.9. The summed E-state index contributed by atoms with van der Waals surface area (Å²) in [6.45, 7) is 2.03. The van der Waals surface area contributed by atoms with Gasteiger partial charge in [-0.1, -0.05) is 0 Å². The maximum Gasteiger partial charge on any atom is 0.0701 e. The number of rotatable bonds is 8. The minimum absolute atomic E-state index is 0.363. The first kappa shape index (κ1) is 14.1. The van der Waals surface area contributed by atoms with Crippen molar-refractivity contribution < 1.29 is 9.47 Å². The summed E-state index contributed by atoms with van der Waals surface area (Å²) >= 11 is 5.23. The maximum atomic E-state index is 5.51. The van der Waals surface area contributed by atoms with Crippen molar-refractivity contribution in [3.63, 3.8) is 0 Å². The average Bonchev–Trinajstić information content (AvgIpc) is 2.68. The summed E-state index contributed by atoms with van der Waals surface area (Å²) in [5, 5.41) is 5.37. The van der Waals surface area contributed by atoms with Crippen LogP contribution in [0.3, 0.4) is 0 Å². The molecule has 1 aromatic rings. The number of likely N-dealkylation sites (N-methyl/N-ethyl adjacent to an activating group) is 1. The lowest BCUT2D eigenvalue weighted by atomic mass is 10.2.